The molecular formula is C17H20N2O6. The summed E-state index contributed by atoms with van der Waals surface area (Å²) >= 11 is 0. The molecule has 0 aromatic heterocycles. The number of carboxylic acid groups (broad SMARTS) is 1. The van der Waals surface area contributed by atoms with Gasteiger partial charge in [-0.15, -0.1) is 0 Å². The fourth-order valence-corrected chi connectivity index (χ4v) is 3.18. The molecule has 2 atom stereocenters. The molecule has 0 radical (unpaired) electrons. The van der Waals surface area contributed by atoms with E-state index in [2.05, 4.69) is 5.32 Å². The number of hydrogen-bond donors (Lipinski definition) is 2. The second kappa shape index (κ2) is 6.81. The molecule has 25 heavy (non-hydrogen) atoms. The van der Waals surface area contributed by atoms with Crippen molar-refractivity contribution in [3.63, 3.8) is 0 Å². The van der Waals surface area contributed by atoms with Crippen LogP contribution in [0.3, 0.4) is 0 Å². The first-order valence-corrected chi connectivity index (χ1v) is 8.09. The molecule has 134 valence electrons. The summed E-state index contributed by atoms with van der Waals surface area (Å²) in [4.78, 5) is 37.6. The molecule has 2 amide bonds. The molecule has 2 aliphatic heterocycles. The lowest BCUT2D eigenvalue weighted by Crippen LogP contribution is -2.51. The SMILES string of the molecule is CC(NC(=O)c1ccccc1)C(=O)N1CC2(C[C@H]1C(=O)O)OCCO2. The smallest absolute Gasteiger partial charge is 0.326 e. The summed E-state index contributed by atoms with van der Waals surface area (Å²) < 4.78 is 11.1. The maximum atomic E-state index is 12.7. The molecule has 0 aliphatic carbocycles. The normalized spacial score (nSPS) is 22.8. The molecule has 2 fully saturated rings. The molecule has 8 nitrogen and oxygen atoms in total. The number of ether oxygens (including phenoxy) is 2. The summed E-state index contributed by atoms with van der Waals surface area (Å²) in [6.07, 6.45) is 0.0768. The quantitative estimate of drug-likeness (QED) is 0.807. The van der Waals surface area contributed by atoms with Crippen LogP contribution in [-0.2, 0) is 19.1 Å². The van der Waals surface area contributed by atoms with E-state index in [0.717, 1.165) is 0 Å². The molecule has 2 heterocycles. The van der Waals surface area contributed by atoms with Crippen LogP contribution in [0.25, 0.3) is 0 Å². The van der Waals surface area contributed by atoms with E-state index in [0.29, 0.717) is 18.8 Å². The molecular weight excluding hydrogens is 328 g/mol. The minimum atomic E-state index is -1.12. The van der Waals surface area contributed by atoms with E-state index in [1.165, 1.54) is 11.8 Å². The zero-order valence-electron chi connectivity index (χ0n) is 13.8. The number of amides is 2. The Kier molecular flexibility index (Phi) is 4.73. The number of aliphatic carboxylic acids is 1. The van der Waals surface area contributed by atoms with Crippen molar-refractivity contribution in [2.45, 2.75) is 31.2 Å². The van der Waals surface area contributed by atoms with E-state index in [1.54, 1.807) is 30.3 Å². The lowest BCUT2D eigenvalue weighted by Gasteiger charge is -2.26. The first-order valence-electron chi connectivity index (χ1n) is 8.09. The summed E-state index contributed by atoms with van der Waals surface area (Å²) in [5.41, 5.74) is 0.428. The van der Waals surface area contributed by atoms with Gasteiger partial charge in [0.05, 0.1) is 19.8 Å². The molecule has 2 N–H and O–H groups in total. The van der Waals surface area contributed by atoms with Crippen LogP contribution in [0.4, 0.5) is 0 Å². The predicted molar refractivity (Wildman–Crippen MR) is 85.8 cm³/mol. The van der Waals surface area contributed by atoms with E-state index in [-0.39, 0.29) is 13.0 Å². The van der Waals surface area contributed by atoms with Crippen LogP contribution in [0.2, 0.25) is 0 Å². The van der Waals surface area contributed by atoms with Crippen molar-refractivity contribution >= 4 is 17.8 Å². The first kappa shape index (κ1) is 17.4. The Morgan fingerprint density at radius 2 is 1.88 bits per heavy atom. The highest BCUT2D eigenvalue weighted by Gasteiger charge is 2.53. The van der Waals surface area contributed by atoms with E-state index >= 15 is 0 Å². The van der Waals surface area contributed by atoms with Crippen molar-refractivity contribution in [3.8, 4) is 0 Å². The summed E-state index contributed by atoms with van der Waals surface area (Å²) in [7, 11) is 0. The number of carbonyl (C=O) groups excluding carboxylic acids is 2. The number of rotatable bonds is 4. The van der Waals surface area contributed by atoms with Gasteiger partial charge >= 0.3 is 5.97 Å². The number of carbonyl (C=O) groups is 3. The molecule has 8 heteroatoms. The Hall–Kier alpha value is -2.45. The topological polar surface area (TPSA) is 105 Å². The van der Waals surface area contributed by atoms with Gasteiger partial charge in [0.1, 0.15) is 12.1 Å². The Balaban J connectivity index is 1.70. The van der Waals surface area contributed by atoms with Gasteiger partial charge in [-0.1, -0.05) is 18.2 Å². The van der Waals surface area contributed by atoms with Crippen LogP contribution in [-0.4, -0.2) is 65.4 Å². The van der Waals surface area contributed by atoms with Gasteiger partial charge < -0.3 is 24.8 Å². The molecule has 3 rings (SSSR count). The highest BCUT2D eigenvalue weighted by molar-refractivity contribution is 5.98. The third-order valence-electron chi connectivity index (χ3n) is 4.43. The number of carboxylic acids is 1. The largest absolute Gasteiger partial charge is 0.480 e. The van der Waals surface area contributed by atoms with Gasteiger partial charge in [-0.3, -0.25) is 9.59 Å². The van der Waals surface area contributed by atoms with Crippen LogP contribution in [0, 0.1) is 0 Å². The van der Waals surface area contributed by atoms with Crippen LogP contribution >= 0.6 is 0 Å². The average molecular weight is 348 g/mol. The van der Waals surface area contributed by atoms with E-state index in [1.807, 2.05) is 0 Å². The second-order valence-electron chi connectivity index (χ2n) is 6.19. The van der Waals surface area contributed by atoms with Gasteiger partial charge in [-0.25, -0.2) is 4.79 Å². The summed E-state index contributed by atoms with van der Waals surface area (Å²) in [6.45, 7) is 2.31. The number of benzene rings is 1. The third kappa shape index (κ3) is 3.49. The minimum absolute atomic E-state index is 0.0361. The Labute approximate surface area is 144 Å². The standard InChI is InChI=1S/C17H20N2O6/c1-11(18-14(20)12-5-3-2-4-6-12)15(21)19-10-17(24-7-8-25-17)9-13(19)16(22)23/h2-6,11,13H,7-10H2,1H3,(H,18,20)(H,22,23)/t11?,13-/m0/s1. The lowest BCUT2D eigenvalue weighted by molar-refractivity contribution is -0.153. The summed E-state index contributed by atoms with van der Waals surface area (Å²) in [6, 6.07) is 6.60. The average Bonchev–Trinajstić information content (AvgIpc) is 3.22. The Morgan fingerprint density at radius 3 is 2.48 bits per heavy atom. The van der Waals surface area contributed by atoms with Gasteiger partial charge in [-0.05, 0) is 19.1 Å². The van der Waals surface area contributed by atoms with Gasteiger partial charge in [0.25, 0.3) is 5.91 Å². The molecule has 2 aliphatic rings. The van der Waals surface area contributed by atoms with Crippen LogP contribution in [0.5, 0.6) is 0 Å². The molecule has 1 aromatic carbocycles. The van der Waals surface area contributed by atoms with Crippen molar-refractivity contribution in [2.75, 3.05) is 19.8 Å². The minimum Gasteiger partial charge on any atom is -0.480 e. The second-order valence-corrected chi connectivity index (χ2v) is 6.19. The zero-order valence-corrected chi connectivity index (χ0v) is 13.8. The molecule has 1 unspecified atom stereocenters. The first-order chi connectivity index (χ1) is 11.9. The van der Waals surface area contributed by atoms with Gasteiger partial charge in [0.15, 0.2) is 5.79 Å². The maximum Gasteiger partial charge on any atom is 0.326 e. The highest BCUT2D eigenvalue weighted by Crippen LogP contribution is 2.35. The van der Waals surface area contributed by atoms with Crippen molar-refractivity contribution in [1.82, 2.24) is 10.2 Å². The van der Waals surface area contributed by atoms with E-state index in [9.17, 15) is 19.5 Å². The fraction of sp³-hybridized carbons (Fsp3) is 0.471. The molecule has 2 saturated heterocycles. The predicted octanol–water partition coefficient (Wildman–Crippen LogP) is 0.234. The van der Waals surface area contributed by atoms with E-state index in [4.69, 9.17) is 9.47 Å². The summed E-state index contributed by atoms with van der Waals surface area (Å²) in [5.74, 6) is -3.05. The Morgan fingerprint density at radius 1 is 1.24 bits per heavy atom. The molecule has 0 saturated carbocycles. The highest BCUT2D eigenvalue weighted by atomic mass is 16.7. The van der Waals surface area contributed by atoms with Crippen molar-refractivity contribution in [3.05, 3.63) is 35.9 Å². The van der Waals surface area contributed by atoms with Crippen molar-refractivity contribution in [1.29, 1.82) is 0 Å². The monoisotopic (exact) mass is 348 g/mol. The van der Waals surface area contributed by atoms with Crippen LogP contribution in [0.15, 0.2) is 30.3 Å². The molecule has 1 spiro atoms. The Bertz CT molecular complexity index is 671. The number of hydrogen-bond acceptors (Lipinski definition) is 5. The van der Waals surface area contributed by atoms with Gasteiger partial charge in [-0.2, -0.15) is 0 Å². The van der Waals surface area contributed by atoms with Crippen molar-refractivity contribution in [2.24, 2.45) is 0 Å². The number of nitrogens with zero attached hydrogens (tertiary/aromatic N) is 1. The number of likely N-dealkylation sites (tertiary alicyclic amines) is 1. The summed E-state index contributed by atoms with van der Waals surface area (Å²) in [5, 5.41) is 12.0. The van der Waals surface area contributed by atoms with Gasteiger partial charge in [0, 0.05) is 12.0 Å². The lowest BCUT2D eigenvalue weighted by atomic mass is 10.1. The number of nitrogens with one attached hydrogen (secondary N) is 1. The van der Waals surface area contributed by atoms with Crippen LogP contribution in [0.1, 0.15) is 23.7 Å². The van der Waals surface area contributed by atoms with Crippen molar-refractivity contribution < 1.29 is 29.0 Å². The van der Waals surface area contributed by atoms with Crippen LogP contribution < -0.4 is 5.32 Å². The third-order valence-corrected chi connectivity index (χ3v) is 4.43. The fourth-order valence-electron chi connectivity index (χ4n) is 3.18. The maximum absolute atomic E-state index is 12.7. The molecule has 0 bridgehead atoms. The zero-order chi connectivity index (χ0) is 18.0. The van der Waals surface area contributed by atoms with Gasteiger partial charge in [0.2, 0.25) is 5.91 Å². The molecule has 1 aromatic rings. The van der Waals surface area contributed by atoms with E-state index < -0.39 is 35.7 Å².